The van der Waals surface area contributed by atoms with E-state index in [1.165, 1.54) is 43.4 Å². The Hall–Kier alpha value is -0.510. The lowest BCUT2D eigenvalue weighted by Gasteiger charge is -2.21. The second-order valence-electron chi connectivity index (χ2n) is 7.23. The van der Waals surface area contributed by atoms with Crippen molar-refractivity contribution < 1.29 is 5.11 Å². The average Bonchev–Trinajstić information content (AvgIpc) is 2.58. The fraction of sp³-hybridized carbons (Fsp3) is 0.714. The topological polar surface area (TPSA) is 32.3 Å². The largest absolute Gasteiger partial charge is 0.387 e. The van der Waals surface area contributed by atoms with E-state index >= 15 is 0 Å². The third kappa shape index (κ3) is 9.10. The van der Waals surface area contributed by atoms with Gasteiger partial charge >= 0.3 is 0 Å². The molecule has 1 aromatic carbocycles. The Labute approximate surface area is 153 Å². The van der Waals surface area contributed by atoms with Crippen molar-refractivity contribution in [3.8, 4) is 0 Å². The van der Waals surface area contributed by atoms with E-state index < -0.39 is 6.10 Å². The fourth-order valence-corrected chi connectivity index (χ4v) is 3.51. The second kappa shape index (κ2) is 12.8. The number of hydrogen-bond donors (Lipinski definition) is 2. The highest BCUT2D eigenvalue weighted by molar-refractivity contribution is 7.99. The summed E-state index contributed by atoms with van der Waals surface area (Å²) >= 11 is 1.88. The van der Waals surface area contributed by atoms with Crippen molar-refractivity contribution in [2.24, 2.45) is 5.92 Å². The van der Waals surface area contributed by atoms with Gasteiger partial charge < -0.3 is 10.4 Å². The molecular weight excluding hydrogens is 314 g/mol. The van der Waals surface area contributed by atoms with E-state index in [1.807, 2.05) is 11.8 Å². The zero-order valence-electron chi connectivity index (χ0n) is 16.1. The van der Waals surface area contributed by atoms with Gasteiger partial charge in [-0.3, -0.25) is 0 Å². The summed E-state index contributed by atoms with van der Waals surface area (Å²) in [6, 6.07) is 8.49. The summed E-state index contributed by atoms with van der Waals surface area (Å²) in [7, 11) is 0. The molecule has 24 heavy (non-hydrogen) atoms. The third-order valence-electron chi connectivity index (χ3n) is 4.28. The Bertz CT molecular complexity index is 418. The molecule has 138 valence electrons. The van der Waals surface area contributed by atoms with E-state index in [1.54, 1.807) is 0 Å². The van der Waals surface area contributed by atoms with Crippen LogP contribution in [0.2, 0.25) is 0 Å². The minimum Gasteiger partial charge on any atom is -0.387 e. The van der Waals surface area contributed by atoms with Crippen molar-refractivity contribution in [2.75, 3.05) is 12.3 Å². The van der Waals surface area contributed by atoms with Crippen molar-refractivity contribution in [2.45, 2.75) is 83.3 Å². The molecule has 1 aromatic rings. The van der Waals surface area contributed by atoms with Crippen LogP contribution in [0.25, 0.3) is 0 Å². The summed E-state index contributed by atoms with van der Waals surface area (Å²) in [4.78, 5) is 1.28. The number of aliphatic hydroxyl groups is 1. The predicted octanol–water partition coefficient (Wildman–Crippen LogP) is 5.81. The van der Waals surface area contributed by atoms with E-state index in [9.17, 15) is 5.11 Å². The predicted molar refractivity (Wildman–Crippen MR) is 108 cm³/mol. The first-order valence-electron chi connectivity index (χ1n) is 9.68. The van der Waals surface area contributed by atoms with Crippen LogP contribution in [0.3, 0.4) is 0 Å². The molecule has 0 aliphatic carbocycles. The lowest BCUT2D eigenvalue weighted by molar-refractivity contribution is 0.136. The highest BCUT2D eigenvalue weighted by Gasteiger charge is 2.15. The molecule has 0 heterocycles. The molecule has 2 unspecified atom stereocenters. The smallest absolute Gasteiger partial charge is 0.0940 e. The normalized spacial score (nSPS) is 14.1. The Morgan fingerprint density at radius 3 is 2.21 bits per heavy atom. The molecule has 2 atom stereocenters. The van der Waals surface area contributed by atoms with Crippen LogP contribution in [0.4, 0.5) is 0 Å². The highest BCUT2D eigenvalue weighted by Crippen LogP contribution is 2.24. The van der Waals surface area contributed by atoms with Crippen LogP contribution in [-0.4, -0.2) is 23.4 Å². The lowest BCUT2D eigenvalue weighted by atomic mass is 10.0. The van der Waals surface area contributed by atoms with Gasteiger partial charge in [0, 0.05) is 16.7 Å². The molecule has 0 radical (unpaired) electrons. The van der Waals surface area contributed by atoms with Gasteiger partial charge in [-0.2, -0.15) is 0 Å². The van der Waals surface area contributed by atoms with Crippen molar-refractivity contribution in [1.29, 1.82) is 0 Å². The van der Waals surface area contributed by atoms with Gasteiger partial charge in [-0.15, -0.1) is 11.8 Å². The average molecular weight is 352 g/mol. The van der Waals surface area contributed by atoms with Gasteiger partial charge in [0.15, 0.2) is 0 Å². The van der Waals surface area contributed by atoms with E-state index in [0.29, 0.717) is 5.92 Å². The molecule has 0 spiro atoms. The van der Waals surface area contributed by atoms with Gasteiger partial charge in [-0.05, 0) is 43.5 Å². The van der Waals surface area contributed by atoms with Gasteiger partial charge in [-0.25, -0.2) is 0 Å². The van der Waals surface area contributed by atoms with E-state index in [-0.39, 0.29) is 6.04 Å². The third-order valence-corrected chi connectivity index (χ3v) is 5.71. The molecule has 0 aromatic heterocycles. The number of benzene rings is 1. The molecule has 3 heteroatoms. The van der Waals surface area contributed by atoms with Crippen LogP contribution in [0.15, 0.2) is 29.2 Å². The summed E-state index contributed by atoms with van der Waals surface area (Å²) in [6.07, 6.45) is 7.40. The van der Waals surface area contributed by atoms with Crippen LogP contribution in [0.1, 0.15) is 77.9 Å². The zero-order valence-corrected chi connectivity index (χ0v) is 16.9. The van der Waals surface area contributed by atoms with Gasteiger partial charge in [0.25, 0.3) is 0 Å². The number of aliphatic hydroxyl groups excluding tert-OH is 1. The number of nitrogens with one attached hydrogen (secondary N) is 1. The molecule has 1 rings (SSSR count). The van der Waals surface area contributed by atoms with Gasteiger partial charge in [-0.1, -0.05) is 65.0 Å². The molecule has 0 saturated carbocycles. The van der Waals surface area contributed by atoms with Crippen LogP contribution in [-0.2, 0) is 0 Å². The van der Waals surface area contributed by atoms with Gasteiger partial charge in [0.05, 0.1) is 6.10 Å². The quantitative estimate of drug-likeness (QED) is 0.347. The van der Waals surface area contributed by atoms with Crippen molar-refractivity contribution in [3.63, 3.8) is 0 Å². The Balaban J connectivity index is 2.28. The van der Waals surface area contributed by atoms with Gasteiger partial charge in [0.2, 0.25) is 0 Å². The molecular formula is C21H37NOS. The summed E-state index contributed by atoms with van der Waals surface area (Å²) in [5.41, 5.74) is 1.01. The van der Waals surface area contributed by atoms with E-state index in [0.717, 1.165) is 17.9 Å². The van der Waals surface area contributed by atoms with Gasteiger partial charge in [0.1, 0.15) is 0 Å². The van der Waals surface area contributed by atoms with E-state index in [2.05, 4.69) is 57.3 Å². The maximum Gasteiger partial charge on any atom is 0.0940 e. The standard InChI is InChI=1S/C21H37NOS/c1-5-6-7-8-9-10-15-22-18(4)21(23)19-11-13-20(14-12-19)24-16-17(2)3/h11-14,17-18,21-23H,5-10,15-16H2,1-4H3. The van der Waals surface area contributed by atoms with Crippen LogP contribution < -0.4 is 5.32 Å². The summed E-state index contributed by atoms with van der Waals surface area (Å²) in [5.74, 6) is 1.84. The lowest BCUT2D eigenvalue weighted by Crippen LogP contribution is -2.32. The maximum atomic E-state index is 10.5. The van der Waals surface area contributed by atoms with E-state index in [4.69, 9.17) is 0 Å². The fourth-order valence-electron chi connectivity index (χ4n) is 2.66. The zero-order chi connectivity index (χ0) is 17.8. The number of unbranched alkanes of at least 4 members (excludes halogenated alkanes) is 5. The van der Waals surface area contributed by atoms with Crippen molar-refractivity contribution >= 4 is 11.8 Å². The Kier molecular flexibility index (Phi) is 11.5. The molecule has 0 aliphatic rings. The molecule has 2 N–H and O–H groups in total. The molecule has 0 bridgehead atoms. The van der Waals surface area contributed by atoms with Crippen molar-refractivity contribution in [3.05, 3.63) is 29.8 Å². The first-order valence-corrected chi connectivity index (χ1v) is 10.7. The summed E-state index contributed by atoms with van der Waals surface area (Å²) < 4.78 is 0. The van der Waals surface area contributed by atoms with Crippen molar-refractivity contribution in [1.82, 2.24) is 5.32 Å². The monoisotopic (exact) mass is 351 g/mol. The maximum absolute atomic E-state index is 10.5. The molecule has 0 amide bonds. The number of thioether (sulfide) groups is 1. The van der Waals surface area contributed by atoms with Crippen LogP contribution >= 0.6 is 11.8 Å². The second-order valence-corrected chi connectivity index (χ2v) is 8.32. The molecule has 0 fully saturated rings. The Morgan fingerprint density at radius 2 is 1.58 bits per heavy atom. The van der Waals surface area contributed by atoms with Crippen LogP contribution in [0, 0.1) is 5.92 Å². The molecule has 0 aliphatic heterocycles. The SMILES string of the molecule is CCCCCCCCNC(C)C(O)c1ccc(SCC(C)C)cc1. The first-order chi connectivity index (χ1) is 11.5. The highest BCUT2D eigenvalue weighted by atomic mass is 32.2. The first kappa shape index (κ1) is 21.5. The molecule has 0 saturated heterocycles. The number of rotatable bonds is 13. The number of hydrogen-bond acceptors (Lipinski definition) is 3. The minimum atomic E-state index is -0.436. The molecule has 2 nitrogen and oxygen atoms in total. The summed E-state index contributed by atoms with van der Waals surface area (Å²) in [5, 5.41) is 14.0. The minimum absolute atomic E-state index is 0.0924. The summed E-state index contributed by atoms with van der Waals surface area (Å²) in [6.45, 7) is 9.79. The van der Waals surface area contributed by atoms with Crippen LogP contribution in [0.5, 0.6) is 0 Å². The Morgan fingerprint density at radius 1 is 0.958 bits per heavy atom.